The predicted molar refractivity (Wildman–Crippen MR) is 66.4 cm³/mol. The van der Waals surface area contributed by atoms with E-state index < -0.39 is 6.17 Å². The second-order valence-corrected chi connectivity index (χ2v) is 4.53. The van der Waals surface area contributed by atoms with Crippen molar-refractivity contribution in [2.45, 2.75) is 32.1 Å². The molecule has 2 N–H and O–H groups in total. The van der Waals surface area contributed by atoms with E-state index in [2.05, 4.69) is 10.1 Å². The van der Waals surface area contributed by atoms with Gasteiger partial charge in [-0.15, -0.1) is 0 Å². The molecule has 0 saturated heterocycles. The van der Waals surface area contributed by atoms with E-state index in [0.29, 0.717) is 24.6 Å². The van der Waals surface area contributed by atoms with Crippen LogP contribution >= 0.6 is 0 Å². The lowest BCUT2D eigenvalue weighted by atomic mass is 10.1. The summed E-state index contributed by atoms with van der Waals surface area (Å²) in [5.41, 5.74) is 7.52. The van der Waals surface area contributed by atoms with E-state index >= 15 is 0 Å². The predicted octanol–water partition coefficient (Wildman–Crippen LogP) is 2.21. The molecular formula is C13H15FN4. The standard InChI is InChI=1S/C13H15FN4/c14-11-2-1-7-18-13(11)16-12(17-18)10-5-3-9(8-15)4-6-10/h3-6,11H,1-2,7-8,15H2. The zero-order valence-corrected chi connectivity index (χ0v) is 10.0. The Balaban J connectivity index is 1.96. The molecule has 0 spiro atoms. The average Bonchev–Trinajstić information content (AvgIpc) is 2.84. The van der Waals surface area contributed by atoms with Crippen molar-refractivity contribution in [3.63, 3.8) is 0 Å². The third-order valence-electron chi connectivity index (χ3n) is 3.26. The molecule has 1 aliphatic rings. The Morgan fingerprint density at radius 1 is 1.33 bits per heavy atom. The molecule has 4 nitrogen and oxygen atoms in total. The van der Waals surface area contributed by atoms with Crippen LogP contribution in [-0.2, 0) is 13.1 Å². The maximum Gasteiger partial charge on any atom is 0.181 e. The minimum atomic E-state index is -0.983. The molecule has 0 saturated carbocycles. The van der Waals surface area contributed by atoms with Gasteiger partial charge in [-0.25, -0.2) is 14.1 Å². The molecule has 1 aromatic carbocycles. The minimum absolute atomic E-state index is 0.458. The number of fused-ring (bicyclic) bond motifs is 1. The van der Waals surface area contributed by atoms with E-state index in [9.17, 15) is 4.39 Å². The van der Waals surface area contributed by atoms with Gasteiger partial charge in [-0.05, 0) is 18.4 Å². The van der Waals surface area contributed by atoms with Gasteiger partial charge in [0.15, 0.2) is 17.8 Å². The quantitative estimate of drug-likeness (QED) is 0.883. The van der Waals surface area contributed by atoms with Crippen LogP contribution in [0.1, 0.15) is 30.4 Å². The molecule has 0 fully saturated rings. The van der Waals surface area contributed by atoms with E-state index in [1.165, 1.54) is 0 Å². The molecule has 1 aromatic heterocycles. The summed E-state index contributed by atoms with van der Waals surface area (Å²) in [5.74, 6) is 1.05. The minimum Gasteiger partial charge on any atom is -0.326 e. The first-order valence-electron chi connectivity index (χ1n) is 6.16. The van der Waals surface area contributed by atoms with Crippen LogP contribution in [0.5, 0.6) is 0 Å². The highest BCUT2D eigenvalue weighted by Crippen LogP contribution is 2.28. The van der Waals surface area contributed by atoms with Crippen LogP contribution in [-0.4, -0.2) is 14.8 Å². The second kappa shape index (κ2) is 4.49. The summed E-state index contributed by atoms with van der Waals surface area (Å²) in [7, 11) is 0. The van der Waals surface area contributed by atoms with Crippen molar-refractivity contribution in [2.75, 3.05) is 0 Å². The van der Waals surface area contributed by atoms with Crippen LogP contribution in [0.25, 0.3) is 11.4 Å². The molecule has 94 valence electrons. The van der Waals surface area contributed by atoms with Gasteiger partial charge in [0.1, 0.15) is 0 Å². The number of nitrogens with zero attached hydrogens (tertiary/aromatic N) is 3. The monoisotopic (exact) mass is 246 g/mol. The van der Waals surface area contributed by atoms with Crippen molar-refractivity contribution in [3.05, 3.63) is 35.7 Å². The van der Waals surface area contributed by atoms with Gasteiger partial charge in [0.2, 0.25) is 0 Å². The summed E-state index contributed by atoms with van der Waals surface area (Å²) in [5, 5.41) is 4.36. The van der Waals surface area contributed by atoms with E-state index in [0.717, 1.165) is 24.1 Å². The summed E-state index contributed by atoms with van der Waals surface area (Å²) < 4.78 is 15.4. The zero-order valence-electron chi connectivity index (χ0n) is 10.0. The molecule has 0 radical (unpaired) electrons. The first-order valence-corrected chi connectivity index (χ1v) is 6.16. The van der Waals surface area contributed by atoms with Gasteiger partial charge < -0.3 is 5.73 Å². The highest BCUT2D eigenvalue weighted by Gasteiger charge is 2.23. The molecule has 0 bridgehead atoms. The molecule has 18 heavy (non-hydrogen) atoms. The number of rotatable bonds is 2. The number of halogens is 1. The summed E-state index contributed by atoms with van der Waals surface area (Å²) in [6, 6.07) is 7.75. The Kier molecular flexibility index (Phi) is 2.83. The Labute approximate surface area is 105 Å². The van der Waals surface area contributed by atoms with Crippen molar-refractivity contribution < 1.29 is 4.39 Å². The molecule has 2 heterocycles. The number of aromatic nitrogens is 3. The Morgan fingerprint density at radius 3 is 2.78 bits per heavy atom. The number of hydrogen-bond acceptors (Lipinski definition) is 3. The smallest absolute Gasteiger partial charge is 0.181 e. The van der Waals surface area contributed by atoms with Gasteiger partial charge >= 0.3 is 0 Å². The normalized spacial score (nSPS) is 18.7. The van der Waals surface area contributed by atoms with E-state index in [1.807, 2.05) is 24.3 Å². The topological polar surface area (TPSA) is 56.7 Å². The molecule has 3 rings (SSSR count). The van der Waals surface area contributed by atoms with Crippen LogP contribution in [0.15, 0.2) is 24.3 Å². The van der Waals surface area contributed by atoms with Gasteiger partial charge in [0.05, 0.1) is 0 Å². The van der Waals surface area contributed by atoms with Crippen LogP contribution in [0, 0.1) is 0 Å². The fourth-order valence-electron chi connectivity index (χ4n) is 2.21. The van der Waals surface area contributed by atoms with E-state index in [1.54, 1.807) is 4.68 Å². The van der Waals surface area contributed by atoms with Crippen LogP contribution in [0.2, 0.25) is 0 Å². The molecule has 1 aliphatic heterocycles. The van der Waals surface area contributed by atoms with Gasteiger partial charge in [0.25, 0.3) is 0 Å². The molecule has 1 unspecified atom stereocenters. The highest BCUT2D eigenvalue weighted by molar-refractivity contribution is 5.55. The molecular weight excluding hydrogens is 231 g/mol. The molecule has 5 heteroatoms. The Hall–Kier alpha value is -1.75. The van der Waals surface area contributed by atoms with E-state index in [-0.39, 0.29) is 0 Å². The number of aryl methyl sites for hydroxylation is 1. The van der Waals surface area contributed by atoms with Crippen molar-refractivity contribution in [1.29, 1.82) is 0 Å². The fourth-order valence-corrected chi connectivity index (χ4v) is 2.21. The first-order chi connectivity index (χ1) is 8.78. The third-order valence-corrected chi connectivity index (χ3v) is 3.26. The van der Waals surface area contributed by atoms with Gasteiger partial charge in [-0.3, -0.25) is 0 Å². The van der Waals surface area contributed by atoms with Crippen molar-refractivity contribution in [1.82, 2.24) is 14.8 Å². The summed E-state index contributed by atoms with van der Waals surface area (Å²) in [6.45, 7) is 1.27. The average molecular weight is 246 g/mol. The van der Waals surface area contributed by atoms with Crippen molar-refractivity contribution in [2.24, 2.45) is 5.73 Å². The third kappa shape index (κ3) is 1.90. The summed E-state index contributed by atoms with van der Waals surface area (Å²) >= 11 is 0. The number of hydrogen-bond donors (Lipinski definition) is 1. The molecule has 2 aromatic rings. The van der Waals surface area contributed by atoms with Crippen molar-refractivity contribution >= 4 is 0 Å². The fraction of sp³-hybridized carbons (Fsp3) is 0.385. The largest absolute Gasteiger partial charge is 0.326 e. The van der Waals surface area contributed by atoms with Crippen LogP contribution in [0.3, 0.4) is 0 Å². The Bertz CT molecular complexity index is 547. The Morgan fingerprint density at radius 2 is 2.11 bits per heavy atom. The number of benzene rings is 1. The molecule has 0 amide bonds. The van der Waals surface area contributed by atoms with Gasteiger partial charge in [-0.2, -0.15) is 5.10 Å². The van der Waals surface area contributed by atoms with Crippen LogP contribution in [0.4, 0.5) is 4.39 Å². The first kappa shape index (κ1) is 11.3. The molecule has 1 atom stereocenters. The maximum absolute atomic E-state index is 13.7. The van der Waals surface area contributed by atoms with E-state index in [4.69, 9.17) is 5.73 Å². The number of nitrogens with two attached hydrogens (primary N) is 1. The lowest BCUT2D eigenvalue weighted by Gasteiger charge is -2.14. The second-order valence-electron chi connectivity index (χ2n) is 4.53. The zero-order chi connectivity index (χ0) is 12.5. The lowest BCUT2D eigenvalue weighted by molar-refractivity contribution is 0.252. The van der Waals surface area contributed by atoms with Crippen LogP contribution < -0.4 is 5.73 Å². The highest BCUT2D eigenvalue weighted by atomic mass is 19.1. The SMILES string of the molecule is NCc1ccc(-c2nc3n(n2)CCCC3F)cc1. The maximum atomic E-state index is 13.7. The van der Waals surface area contributed by atoms with Gasteiger partial charge in [0, 0.05) is 18.7 Å². The van der Waals surface area contributed by atoms with Gasteiger partial charge in [-0.1, -0.05) is 24.3 Å². The lowest BCUT2D eigenvalue weighted by Crippen LogP contribution is -2.14. The number of alkyl halides is 1. The summed E-state index contributed by atoms with van der Waals surface area (Å²) in [6.07, 6.45) is 0.385. The summed E-state index contributed by atoms with van der Waals surface area (Å²) in [4.78, 5) is 4.30. The van der Waals surface area contributed by atoms with Crippen molar-refractivity contribution in [3.8, 4) is 11.4 Å². The molecule has 0 aliphatic carbocycles.